The van der Waals surface area contributed by atoms with Gasteiger partial charge in [-0.15, -0.1) is 0 Å². The van der Waals surface area contributed by atoms with Crippen molar-refractivity contribution < 1.29 is 45.1 Å². The summed E-state index contributed by atoms with van der Waals surface area (Å²) in [7, 11) is 0. The van der Waals surface area contributed by atoms with Crippen LogP contribution in [-0.2, 0) is 31.1 Å². The summed E-state index contributed by atoms with van der Waals surface area (Å²) in [5.41, 5.74) is 27.9. The van der Waals surface area contributed by atoms with Gasteiger partial charge >= 0.3 is 330 Å². The molecule has 0 bridgehead atoms. The molecule has 7 rings (SSSR count). The van der Waals surface area contributed by atoms with Gasteiger partial charge in [0.05, 0.1) is 0 Å². The number of allylic oxidation sites excluding steroid dienone is 2. The molecule has 3 heteroatoms. The van der Waals surface area contributed by atoms with Crippen LogP contribution in [0.3, 0.4) is 0 Å². The predicted molar refractivity (Wildman–Crippen MR) is 230 cm³/mol. The van der Waals surface area contributed by atoms with Gasteiger partial charge in [-0.1, -0.05) is 0 Å². The third-order valence-electron chi connectivity index (χ3n) is 14.2. The van der Waals surface area contributed by atoms with E-state index in [0.29, 0.717) is 19.1 Å². The van der Waals surface area contributed by atoms with Crippen LogP contribution in [-0.4, -0.2) is 0 Å². The molecule has 0 spiro atoms. The van der Waals surface area contributed by atoms with Crippen LogP contribution >= 0.6 is 0 Å². The quantitative estimate of drug-likeness (QED) is 0.182. The molecule has 1 aliphatic heterocycles. The van der Waals surface area contributed by atoms with E-state index in [9.17, 15) is 0 Å². The molecule has 0 amide bonds. The van der Waals surface area contributed by atoms with Crippen LogP contribution in [0, 0.1) is 53.4 Å². The van der Waals surface area contributed by atoms with Crippen LogP contribution in [0.4, 0.5) is 0 Å². The number of benzene rings is 4. The van der Waals surface area contributed by atoms with Gasteiger partial charge in [-0.2, -0.15) is 0 Å². The zero-order valence-electron chi connectivity index (χ0n) is 36.8. The Kier molecular flexibility index (Phi) is 12.1. The summed E-state index contributed by atoms with van der Waals surface area (Å²) in [4.78, 5) is 0. The first-order valence-electron chi connectivity index (χ1n) is 20.6. The van der Waals surface area contributed by atoms with Gasteiger partial charge in [0.1, 0.15) is 0 Å². The maximum atomic E-state index is 2.72. The minimum absolute atomic E-state index is 0. The van der Waals surface area contributed by atoms with Gasteiger partial charge in [-0.05, 0) is 0 Å². The molecule has 1 saturated heterocycles. The molecule has 2 atom stereocenters. The smallest absolute Gasteiger partial charge is 1.00 e. The molecule has 0 radical (unpaired) electrons. The van der Waals surface area contributed by atoms with Crippen molar-refractivity contribution >= 4 is 12.2 Å². The topological polar surface area (TPSA) is 0 Å². The molecule has 4 aromatic rings. The van der Waals surface area contributed by atoms with E-state index in [1.807, 2.05) is 0 Å². The Balaban J connectivity index is 0.00000290. The summed E-state index contributed by atoms with van der Waals surface area (Å²) in [5, 5.41) is 0. The average molecular weight is 853 g/mol. The van der Waals surface area contributed by atoms with Crippen molar-refractivity contribution in [1.29, 1.82) is 0 Å². The molecule has 3 aliphatic rings. The van der Waals surface area contributed by atoms with Crippen molar-refractivity contribution in [3.8, 4) is 22.3 Å². The molecule has 4 aromatic carbocycles. The van der Waals surface area contributed by atoms with Crippen LogP contribution in [0.1, 0.15) is 143 Å². The second-order valence-electron chi connectivity index (χ2n) is 20.0. The molecule has 0 aromatic heterocycles. The molecule has 0 nitrogen and oxygen atoms in total. The van der Waals surface area contributed by atoms with E-state index in [1.165, 1.54) is 63.9 Å². The minimum atomic E-state index is -3.01. The van der Waals surface area contributed by atoms with Crippen molar-refractivity contribution in [2.24, 2.45) is 11.8 Å². The Hall–Kier alpha value is -2.18. The summed E-state index contributed by atoms with van der Waals surface area (Å²) in [5.74, 6) is 1.06. The van der Waals surface area contributed by atoms with Crippen molar-refractivity contribution in [2.45, 2.75) is 137 Å². The zero-order chi connectivity index (χ0) is 38.7. The van der Waals surface area contributed by atoms with Crippen LogP contribution in [0.25, 0.3) is 34.4 Å². The summed E-state index contributed by atoms with van der Waals surface area (Å²) in [6.07, 6.45) is 5.44. The Morgan fingerprint density at radius 1 is 0.473 bits per heavy atom. The zero-order valence-corrected chi connectivity index (χ0v) is 40.7. The minimum Gasteiger partial charge on any atom is -1.00 e. The fourth-order valence-corrected chi connectivity index (χ4v) is 29.0. The second kappa shape index (κ2) is 15.2. The van der Waals surface area contributed by atoms with E-state index in [2.05, 4.69) is 171 Å². The van der Waals surface area contributed by atoms with E-state index in [0.717, 1.165) is 0 Å². The number of hydrogen-bond donors (Lipinski definition) is 0. The Labute approximate surface area is 352 Å². The normalized spacial score (nSPS) is 17.9. The first-order chi connectivity index (χ1) is 24.7. The van der Waals surface area contributed by atoms with E-state index in [4.69, 9.17) is 0 Å². The molecule has 292 valence electrons. The van der Waals surface area contributed by atoms with E-state index >= 15 is 0 Å². The van der Waals surface area contributed by atoms with E-state index < -0.39 is 20.3 Å². The molecular formula is C52H66Cl2Zr. The Morgan fingerprint density at radius 3 is 1.04 bits per heavy atom. The maximum absolute atomic E-state index is 3.01. The molecule has 1 heterocycles. The number of fused-ring (bicyclic) bond motifs is 2. The summed E-state index contributed by atoms with van der Waals surface area (Å²) in [6, 6.07) is 19.2. The number of hydrogen-bond acceptors (Lipinski definition) is 0. The van der Waals surface area contributed by atoms with Crippen LogP contribution in [0.15, 0.2) is 59.7 Å². The third-order valence-corrected chi connectivity index (χ3v) is 27.0. The Morgan fingerprint density at radius 2 is 0.782 bits per heavy atom. The summed E-state index contributed by atoms with van der Waals surface area (Å²) in [6.45, 7) is 38.4. The fourth-order valence-electron chi connectivity index (χ4n) is 10.4. The van der Waals surface area contributed by atoms with E-state index in [-0.39, 0.29) is 35.6 Å². The monoisotopic (exact) mass is 850 g/mol. The maximum Gasteiger partial charge on any atom is -1.00 e. The van der Waals surface area contributed by atoms with Crippen molar-refractivity contribution in [2.75, 3.05) is 0 Å². The van der Waals surface area contributed by atoms with Crippen molar-refractivity contribution in [3.05, 3.63) is 126 Å². The van der Waals surface area contributed by atoms with Gasteiger partial charge in [0.25, 0.3) is 0 Å². The molecule has 0 N–H and O–H groups in total. The second-order valence-corrected chi connectivity index (χ2v) is 31.4. The first-order valence-corrected chi connectivity index (χ1v) is 26.9. The summed E-state index contributed by atoms with van der Waals surface area (Å²) >= 11 is -3.01. The molecule has 0 saturated carbocycles. The van der Waals surface area contributed by atoms with Crippen LogP contribution in [0.2, 0.25) is 8.26 Å². The molecule has 55 heavy (non-hydrogen) atoms. The first kappa shape index (κ1) is 43.9. The molecular weight excluding hydrogens is 787 g/mol. The molecule has 1 fully saturated rings. The number of rotatable bonds is 6. The van der Waals surface area contributed by atoms with Gasteiger partial charge in [-0.3, -0.25) is 0 Å². The van der Waals surface area contributed by atoms with Gasteiger partial charge < -0.3 is 24.8 Å². The number of halogens is 2. The van der Waals surface area contributed by atoms with Gasteiger partial charge in [0, 0.05) is 0 Å². The molecule has 2 unspecified atom stereocenters. The summed E-state index contributed by atoms with van der Waals surface area (Å²) < 4.78 is 4.22. The van der Waals surface area contributed by atoms with Gasteiger partial charge in [0.2, 0.25) is 0 Å². The third kappa shape index (κ3) is 7.08. The SMILES string of the molecule is Cc1c(C)c(-c2ccc(C(C)(C)C)cc2)c2c(c1C)[CH]([Zr+2]1([CH]3C(C(C)C)=Cc4c(-c5ccc(C(C)(C)C)cc5)c(C)c(C)c(C)c43)[CH2][CH2]1)C(C(C)C)=C2.[Cl-].[Cl-]. The van der Waals surface area contributed by atoms with E-state index in [1.54, 1.807) is 44.5 Å². The largest absolute Gasteiger partial charge is 1.00 e. The average Bonchev–Trinajstić information content (AvgIpc) is 3.61. The van der Waals surface area contributed by atoms with Gasteiger partial charge in [0.15, 0.2) is 0 Å². The Bertz CT molecular complexity index is 2040. The van der Waals surface area contributed by atoms with Crippen molar-refractivity contribution in [1.82, 2.24) is 0 Å². The fraction of sp³-hybridized carbons (Fsp3) is 0.462. The van der Waals surface area contributed by atoms with Crippen molar-refractivity contribution in [3.63, 3.8) is 0 Å². The predicted octanol–water partition coefficient (Wildman–Crippen LogP) is 9.37. The van der Waals surface area contributed by atoms with Crippen LogP contribution < -0.4 is 24.8 Å². The standard InChI is InChI=1S/2C25H31.C2H4.2ClH.Zr/c2*1-15(2)20-13-22-17(4)16(3)18(5)24(23(22)14-20)19-9-11-21(12-10-19)25(6,7)8;1-2;;;/h2*9-15H,1-8H3;1-2H2;2*1H;/q;;;;;+2/p-2. The molecule has 2 aliphatic carbocycles. The van der Waals surface area contributed by atoms with Gasteiger partial charge in [-0.25, -0.2) is 0 Å². The van der Waals surface area contributed by atoms with Crippen LogP contribution in [0.5, 0.6) is 0 Å².